The van der Waals surface area contributed by atoms with Crippen molar-refractivity contribution in [3.05, 3.63) is 12.7 Å². The summed E-state index contributed by atoms with van der Waals surface area (Å²) in [6.45, 7) is 4.12. The van der Waals surface area contributed by atoms with E-state index in [-0.39, 0.29) is 19.1 Å². The topological polar surface area (TPSA) is 76.1 Å². The van der Waals surface area contributed by atoms with Gasteiger partial charge in [-0.3, -0.25) is 9.59 Å². The van der Waals surface area contributed by atoms with Crippen molar-refractivity contribution in [3.8, 4) is 0 Å². The molecule has 0 saturated carbocycles. The van der Waals surface area contributed by atoms with E-state index in [1.54, 1.807) is 0 Å². The fraction of sp³-hybridized carbons (Fsp3) is 0.600. The first kappa shape index (κ1) is 11.7. The predicted molar refractivity (Wildman–Crippen MR) is 51.3 cm³/mol. The van der Waals surface area contributed by atoms with Gasteiger partial charge in [0.25, 0.3) is 0 Å². The van der Waals surface area contributed by atoms with Gasteiger partial charge in [-0.2, -0.15) is 0 Å². The first-order chi connectivity index (χ1) is 7.13. The number of hydrogen-bond acceptors (Lipinski definition) is 4. The van der Waals surface area contributed by atoms with Gasteiger partial charge in [-0.15, -0.1) is 0 Å². The highest BCUT2D eigenvalue weighted by Crippen LogP contribution is 2.22. The highest BCUT2D eigenvalue weighted by Gasteiger charge is 2.32. The lowest BCUT2D eigenvalue weighted by atomic mass is 10.00. The molecular formula is C10H14O5. The number of carboxylic acid groups (broad SMARTS) is 1. The third kappa shape index (κ3) is 4.60. The Bertz CT molecular complexity index is 257. The van der Waals surface area contributed by atoms with Crippen LogP contribution in [0.4, 0.5) is 0 Å². The minimum Gasteiger partial charge on any atom is -0.481 e. The third-order valence-corrected chi connectivity index (χ3v) is 2.05. The lowest BCUT2D eigenvalue weighted by Crippen LogP contribution is -2.22. The lowest BCUT2D eigenvalue weighted by molar-refractivity contribution is -0.152. The molecule has 1 fully saturated rings. The molecule has 0 amide bonds. The molecule has 5 heteroatoms. The number of carbonyl (C=O) groups is 2. The smallest absolute Gasteiger partial charge is 0.309 e. The maximum Gasteiger partial charge on any atom is 0.309 e. The first-order valence-corrected chi connectivity index (χ1v) is 4.74. The zero-order valence-electron chi connectivity index (χ0n) is 8.35. The van der Waals surface area contributed by atoms with Crippen molar-refractivity contribution < 1.29 is 24.2 Å². The molecule has 1 rings (SSSR count). The van der Waals surface area contributed by atoms with Crippen molar-refractivity contribution in [2.24, 2.45) is 5.92 Å². The summed E-state index contributed by atoms with van der Waals surface area (Å²) < 4.78 is 9.76. The largest absolute Gasteiger partial charge is 0.481 e. The molecule has 0 aromatic heterocycles. The van der Waals surface area contributed by atoms with Gasteiger partial charge < -0.3 is 14.6 Å². The maximum absolute atomic E-state index is 11.4. The first-order valence-electron chi connectivity index (χ1n) is 4.74. The highest BCUT2D eigenvalue weighted by atomic mass is 16.6. The predicted octanol–water partition coefficient (Wildman–Crippen LogP) is 0.595. The van der Waals surface area contributed by atoms with E-state index in [2.05, 4.69) is 6.58 Å². The van der Waals surface area contributed by atoms with Gasteiger partial charge in [0.1, 0.15) is 6.61 Å². The molecule has 0 aromatic rings. The van der Waals surface area contributed by atoms with E-state index in [1.807, 2.05) is 0 Å². The molecule has 1 N–H and O–H groups in total. The minimum absolute atomic E-state index is 0.0191. The van der Waals surface area contributed by atoms with E-state index < -0.39 is 17.9 Å². The number of epoxide rings is 1. The monoisotopic (exact) mass is 214 g/mol. The molecule has 0 aliphatic carbocycles. The van der Waals surface area contributed by atoms with E-state index in [4.69, 9.17) is 14.6 Å². The van der Waals surface area contributed by atoms with Crippen LogP contribution in [-0.2, 0) is 19.1 Å². The Balaban J connectivity index is 2.40. The van der Waals surface area contributed by atoms with Crippen LogP contribution >= 0.6 is 0 Å². The Kier molecular flexibility index (Phi) is 4.30. The van der Waals surface area contributed by atoms with Gasteiger partial charge in [-0.05, 0) is 6.42 Å². The summed E-state index contributed by atoms with van der Waals surface area (Å²) in [6, 6.07) is 0. The molecule has 1 saturated heterocycles. The molecule has 0 radical (unpaired) electrons. The fourth-order valence-electron chi connectivity index (χ4n) is 1.25. The molecule has 5 nitrogen and oxygen atoms in total. The Labute approximate surface area is 87.7 Å². The number of hydrogen-bond donors (Lipinski definition) is 1. The number of carboxylic acids is 1. The van der Waals surface area contributed by atoms with Crippen LogP contribution in [0.2, 0.25) is 0 Å². The van der Waals surface area contributed by atoms with Crippen LogP contribution in [-0.4, -0.2) is 36.4 Å². The average Bonchev–Trinajstić information content (AvgIpc) is 2.96. The van der Waals surface area contributed by atoms with Gasteiger partial charge >= 0.3 is 11.9 Å². The van der Waals surface area contributed by atoms with Crippen molar-refractivity contribution in [2.75, 3.05) is 13.2 Å². The van der Waals surface area contributed by atoms with Crippen molar-refractivity contribution in [1.82, 2.24) is 0 Å². The van der Waals surface area contributed by atoms with Gasteiger partial charge in [0.05, 0.1) is 25.0 Å². The average molecular weight is 214 g/mol. The van der Waals surface area contributed by atoms with E-state index >= 15 is 0 Å². The van der Waals surface area contributed by atoms with Crippen molar-refractivity contribution in [1.29, 1.82) is 0 Å². The van der Waals surface area contributed by atoms with Gasteiger partial charge in [-0.25, -0.2) is 0 Å². The zero-order valence-corrected chi connectivity index (χ0v) is 8.35. The Morgan fingerprint density at radius 1 is 1.67 bits per heavy atom. The van der Waals surface area contributed by atoms with Crippen LogP contribution < -0.4 is 0 Å². The lowest BCUT2D eigenvalue weighted by Gasteiger charge is -2.11. The Morgan fingerprint density at radius 3 is 2.80 bits per heavy atom. The number of aliphatic carboxylic acids is 1. The molecule has 2 unspecified atom stereocenters. The van der Waals surface area contributed by atoms with Crippen LogP contribution in [0.3, 0.4) is 0 Å². The standard InChI is InChI=1S/C10H14O5/c1-2-3-14-10(13)7(5-9(11)12)4-8-6-15-8/h2,7-8H,1,3-6H2,(H,11,12). The van der Waals surface area contributed by atoms with Gasteiger partial charge in [0.15, 0.2) is 0 Å². The SMILES string of the molecule is C=CCOC(=O)C(CC(=O)O)CC1CO1. The summed E-state index contributed by atoms with van der Waals surface area (Å²) in [5.74, 6) is -2.11. The number of esters is 1. The second-order valence-electron chi connectivity index (χ2n) is 3.40. The molecule has 0 aromatic carbocycles. The van der Waals surface area contributed by atoms with E-state index in [0.717, 1.165) is 0 Å². The van der Waals surface area contributed by atoms with Crippen LogP contribution in [0.15, 0.2) is 12.7 Å². The van der Waals surface area contributed by atoms with E-state index in [9.17, 15) is 9.59 Å². The summed E-state index contributed by atoms with van der Waals surface area (Å²) in [6.07, 6.45) is 1.67. The molecule has 84 valence electrons. The third-order valence-electron chi connectivity index (χ3n) is 2.05. The summed E-state index contributed by atoms with van der Waals surface area (Å²) in [4.78, 5) is 21.9. The highest BCUT2D eigenvalue weighted by molar-refractivity contribution is 5.79. The quantitative estimate of drug-likeness (QED) is 0.381. The van der Waals surface area contributed by atoms with Crippen molar-refractivity contribution >= 4 is 11.9 Å². The van der Waals surface area contributed by atoms with Crippen molar-refractivity contribution in [3.63, 3.8) is 0 Å². The molecule has 0 bridgehead atoms. The second kappa shape index (κ2) is 5.50. The van der Waals surface area contributed by atoms with Crippen LogP contribution in [0, 0.1) is 5.92 Å². The number of carbonyl (C=O) groups excluding carboxylic acids is 1. The molecule has 0 spiro atoms. The molecule has 15 heavy (non-hydrogen) atoms. The zero-order chi connectivity index (χ0) is 11.3. The number of rotatable bonds is 7. The van der Waals surface area contributed by atoms with E-state index in [0.29, 0.717) is 13.0 Å². The summed E-state index contributed by atoms with van der Waals surface area (Å²) in [7, 11) is 0. The maximum atomic E-state index is 11.4. The Hall–Kier alpha value is -1.36. The van der Waals surface area contributed by atoms with Gasteiger partial charge in [0, 0.05) is 0 Å². The molecule has 1 aliphatic heterocycles. The summed E-state index contributed by atoms with van der Waals surface area (Å²) in [5, 5.41) is 8.62. The second-order valence-corrected chi connectivity index (χ2v) is 3.40. The van der Waals surface area contributed by atoms with Crippen LogP contribution in [0.5, 0.6) is 0 Å². The molecule has 2 atom stereocenters. The summed E-state index contributed by atoms with van der Waals surface area (Å²) in [5.41, 5.74) is 0. The minimum atomic E-state index is -1.00. The van der Waals surface area contributed by atoms with Crippen molar-refractivity contribution in [2.45, 2.75) is 18.9 Å². The molecule has 1 heterocycles. The van der Waals surface area contributed by atoms with Gasteiger partial charge in [0.2, 0.25) is 0 Å². The van der Waals surface area contributed by atoms with Gasteiger partial charge in [-0.1, -0.05) is 12.7 Å². The van der Waals surface area contributed by atoms with Crippen LogP contribution in [0.25, 0.3) is 0 Å². The Morgan fingerprint density at radius 2 is 2.33 bits per heavy atom. The normalized spacial score (nSPS) is 20.4. The molecular weight excluding hydrogens is 200 g/mol. The van der Waals surface area contributed by atoms with Crippen LogP contribution in [0.1, 0.15) is 12.8 Å². The fourth-order valence-corrected chi connectivity index (χ4v) is 1.25. The molecule has 1 aliphatic rings. The summed E-state index contributed by atoms with van der Waals surface area (Å²) >= 11 is 0. The number of ether oxygens (including phenoxy) is 2. The van der Waals surface area contributed by atoms with E-state index in [1.165, 1.54) is 6.08 Å².